The highest BCUT2D eigenvalue weighted by molar-refractivity contribution is 6.14. The predicted molar refractivity (Wildman–Crippen MR) is 99.8 cm³/mol. The third kappa shape index (κ3) is 3.48. The van der Waals surface area contributed by atoms with Gasteiger partial charge in [0.1, 0.15) is 11.5 Å². The highest BCUT2D eigenvalue weighted by atomic mass is 16.5. The highest BCUT2D eigenvalue weighted by Gasteiger charge is 2.28. The van der Waals surface area contributed by atoms with Crippen molar-refractivity contribution >= 4 is 17.8 Å². The number of rotatable bonds is 3. The average molecular weight is 357 g/mol. The molecule has 0 fully saturated rings. The zero-order chi connectivity index (χ0) is 18.8. The van der Waals surface area contributed by atoms with Gasteiger partial charge in [0.15, 0.2) is 5.76 Å². The first-order valence-corrected chi connectivity index (χ1v) is 8.38. The van der Waals surface area contributed by atoms with Gasteiger partial charge in [-0.1, -0.05) is 23.8 Å². The lowest BCUT2D eigenvalue weighted by Crippen LogP contribution is -2.08. The fourth-order valence-electron chi connectivity index (χ4n) is 2.68. The van der Waals surface area contributed by atoms with Crippen LogP contribution in [0.1, 0.15) is 32.0 Å². The van der Waals surface area contributed by atoms with Crippen LogP contribution in [0.5, 0.6) is 11.5 Å². The number of pyridine rings is 1. The molecular formula is C22H15NO4. The molecule has 5 heteroatoms. The molecule has 1 aromatic heterocycles. The summed E-state index contributed by atoms with van der Waals surface area (Å²) in [5.41, 5.74) is 2.56. The Bertz CT molecular complexity index is 1050. The molecule has 0 radical (unpaired) electrons. The van der Waals surface area contributed by atoms with Crippen LogP contribution in [0.3, 0.4) is 0 Å². The maximum absolute atomic E-state index is 12.5. The number of Topliss-reactive ketones (excluding diaryl/α,β-unsaturated/α-hetero) is 1. The fourth-order valence-corrected chi connectivity index (χ4v) is 2.68. The zero-order valence-corrected chi connectivity index (χ0v) is 14.5. The molecule has 0 N–H and O–H groups in total. The predicted octanol–water partition coefficient (Wildman–Crippen LogP) is 4.23. The molecule has 0 bridgehead atoms. The maximum Gasteiger partial charge on any atom is 0.343 e. The van der Waals surface area contributed by atoms with Crippen LogP contribution in [0.25, 0.3) is 6.08 Å². The zero-order valence-electron chi connectivity index (χ0n) is 14.5. The Morgan fingerprint density at radius 3 is 2.63 bits per heavy atom. The van der Waals surface area contributed by atoms with Gasteiger partial charge in [-0.25, -0.2) is 4.79 Å². The van der Waals surface area contributed by atoms with E-state index in [1.807, 2.05) is 25.1 Å². The van der Waals surface area contributed by atoms with Crippen LogP contribution >= 0.6 is 0 Å². The summed E-state index contributed by atoms with van der Waals surface area (Å²) >= 11 is 0. The second kappa shape index (κ2) is 6.88. The molecule has 0 spiro atoms. The molecule has 0 saturated heterocycles. The van der Waals surface area contributed by atoms with Crippen molar-refractivity contribution in [2.45, 2.75) is 6.92 Å². The summed E-state index contributed by atoms with van der Waals surface area (Å²) in [6, 6.07) is 17.2. The molecule has 0 saturated carbocycles. The van der Waals surface area contributed by atoms with E-state index in [4.69, 9.17) is 9.47 Å². The Morgan fingerprint density at radius 2 is 1.89 bits per heavy atom. The lowest BCUT2D eigenvalue weighted by molar-refractivity contribution is 0.0734. The highest BCUT2D eigenvalue weighted by Crippen LogP contribution is 2.35. The number of carbonyl (C=O) groups excluding carboxylic acids is 2. The summed E-state index contributed by atoms with van der Waals surface area (Å²) in [4.78, 5) is 28.9. The molecule has 0 amide bonds. The van der Waals surface area contributed by atoms with E-state index in [0.29, 0.717) is 28.3 Å². The van der Waals surface area contributed by atoms with E-state index in [1.165, 1.54) is 0 Å². The quantitative estimate of drug-likeness (QED) is 0.399. The van der Waals surface area contributed by atoms with Gasteiger partial charge in [0, 0.05) is 18.3 Å². The Kier molecular flexibility index (Phi) is 4.26. The van der Waals surface area contributed by atoms with Gasteiger partial charge in [-0.3, -0.25) is 9.78 Å². The van der Waals surface area contributed by atoms with Gasteiger partial charge >= 0.3 is 5.97 Å². The second-order valence-corrected chi connectivity index (χ2v) is 6.11. The number of aryl methyl sites for hydroxylation is 1. The standard InChI is InChI=1S/C22H15NO4/c1-14-5-7-15(8-6-14)22(25)26-17-9-10-18-19(13-17)27-20(21(18)24)12-16-4-2-3-11-23-16/h2-13H,1H3/b20-12-. The number of ether oxygens (including phenoxy) is 2. The van der Waals surface area contributed by atoms with Crippen molar-refractivity contribution in [2.75, 3.05) is 0 Å². The van der Waals surface area contributed by atoms with Gasteiger partial charge in [-0.2, -0.15) is 0 Å². The van der Waals surface area contributed by atoms with Crippen LogP contribution in [0.2, 0.25) is 0 Å². The summed E-state index contributed by atoms with van der Waals surface area (Å²) in [6.07, 6.45) is 3.22. The molecule has 3 aromatic rings. The number of allylic oxidation sites excluding steroid dienone is 1. The minimum Gasteiger partial charge on any atom is -0.452 e. The van der Waals surface area contributed by atoms with Crippen molar-refractivity contribution in [1.82, 2.24) is 4.98 Å². The van der Waals surface area contributed by atoms with E-state index in [0.717, 1.165) is 5.56 Å². The largest absolute Gasteiger partial charge is 0.452 e. The van der Waals surface area contributed by atoms with Crippen LogP contribution in [0.4, 0.5) is 0 Å². The number of ketones is 1. The molecule has 132 valence electrons. The van der Waals surface area contributed by atoms with E-state index in [-0.39, 0.29) is 11.5 Å². The van der Waals surface area contributed by atoms with Crippen LogP contribution in [-0.2, 0) is 0 Å². The third-order valence-electron chi connectivity index (χ3n) is 4.11. The first-order valence-electron chi connectivity index (χ1n) is 8.38. The third-order valence-corrected chi connectivity index (χ3v) is 4.11. The number of nitrogens with zero attached hydrogens (tertiary/aromatic N) is 1. The van der Waals surface area contributed by atoms with E-state index in [9.17, 15) is 9.59 Å². The van der Waals surface area contributed by atoms with E-state index < -0.39 is 5.97 Å². The van der Waals surface area contributed by atoms with Crippen LogP contribution in [0.15, 0.2) is 72.6 Å². The van der Waals surface area contributed by atoms with Gasteiger partial charge in [0.05, 0.1) is 16.8 Å². The number of benzene rings is 2. The maximum atomic E-state index is 12.5. The summed E-state index contributed by atoms with van der Waals surface area (Å²) in [6.45, 7) is 1.94. The summed E-state index contributed by atoms with van der Waals surface area (Å²) < 4.78 is 11.0. The summed E-state index contributed by atoms with van der Waals surface area (Å²) in [5, 5.41) is 0. The lowest BCUT2D eigenvalue weighted by Gasteiger charge is -2.06. The number of aromatic nitrogens is 1. The molecule has 4 rings (SSSR count). The number of carbonyl (C=O) groups is 2. The second-order valence-electron chi connectivity index (χ2n) is 6.11. The first-order chi connectivity index (χ1) is 13.1. The Hall–Kier alpha value is -3.73. The monoisotopic (exact) mass is 357 g/mol. The molecule has 2 aromatic carbocycles. The van der Waals surface area contributed by atoms with Crippen molar-refractivity contribution in [2.24, 2.45) is 0 Å². The molecule has 27 heavy (non-hydrogen) atoms. The SMILES string of the molecule is Cc1ccc(C(=O)Oc2ccc3c(c2)O/C(=C\c2ccccn2)C3=O)cc1. The van der Waals surface area contributed by atoms with Gasteiger partial charge in [0.2, 0.25) is 5.78 Å². The van der Waals surface area contributed by atoms with Gasteiger partial charge in [-0.05, 0) is 43.3 Å². The summed E-state index contributed by atoms with van der Waals surface area (Å²) in [7, 11) is 0. The fraction of sp³-hybridized carbons (Fsp3) is 0.0455. The Balaban J connectivity index is 1.55. The average Bonchev–Trinajstić information content (AvgIpc) is 2.98. The minimum absolute atomic E-state index is 0.186. The number of hydrogen-bond acceptors (Lipinski definition) is 5. The Morgan fingerprint density at radius 1 is 1.07 bits per heavy atom. The molecular weight excluding hydrogens is 342 g/mol. The smallest absolute Gasteiger partial charge is 0.343 e. The molecule has 5 nitrogen and oxygen atoms in total. The van der Waals surface area contributed by atoms with E-state index in [2.05, 4.69) is 4.98 Å². The van der Waals surface area contributed by atoms with Gasteiger partial charge < -0.3 is 9.47 Å². The van der Waals surface area contributed by atoms with Gasteiger partial charge in [0.25, 0.3) is 0 Å². The number of esters is 1. The number of fused-ring (bicyclic) bond motifs is 1. The van der Waals surface area contributed by atoms with Crippen LogP contribution in [-0.4, -0.2) is 16.7 Å². The Labute approximate surface area is 155 Å². The van der Waals surface area contributed by atoms with Crippen molar-refractivity contribution in [3.8, 4) is 11.5 Å². The minimum atomic E-state index is -0.469. The van der Waals surface area contributed by atoms with Crippen molar-refractivity contribution in [3.05, 3.63) is 95.0 Å². The number of hydrogen-bond donors (Lipinski definition) is 0. The topological polar surface area (TPSA) is 65.5 Å². The van der Waals surface area contributed by atoms with E-state index >= 15 is 0 Å². The first kappa shape index (κ1) is 16.7. The van der Waals surface area contributed by atoms with Crippen LogP contribution in [0, 0.1) is 6.92 Å². The molecule has 0 atom stereocenters. The summed E-state index contributed by atoms with van der Waals surface area (Å²) in [5.74, 6) is 0.156. The molecule has 2 heterocycles. The van der Waals surface area contributed by atoms with Crippen LogP contribution < -0.4 is 9.47 Å². The van der Waals surface area contributed by atoms with Crippen molar-refractivity contribution < 1.29 is 19.1 Å². The van der Waals surface area contributed by atoms with Gasteiger partial charge in [-0.15, -0.1) is 0 Å². The van der Waals surface area contributed by atoms with Crippen molar-refractivity contribution in [3.63, 3.8) is 0 Å². The lowest BCUT2D eigenvalue weighted by atomic mass is 10.1. The van der Waals surface area contributed by atoms with Crippen molar-refractivity contribution in [1.29, 1.82) is 0 Å². The molecule has 0 aliphatic carbocycles. The molecule has 0 unspecified atom stereocenters. The molecule has 1 aliphatic rings. The van der Waals surface area contributed by atoms with E-state index in [1.54, 1.807) is 54.7 Å². The molecule has 1 aliphatic heterocycles. The normalized spacial score (nSPS) is 14.0.